The van der Waals surface area contributed by atoms with Crippen LogP contribution < -0.4 is 4.90 Å². The molecule has 7 heteroatoms. The fraction of sp³-hybridized carbons (Fsp3) is 0.435. The monoisotopic (exact) mass is 407 g/mol. The van der Waals surface area contributed by atoms with Crippen LogP contribution in [0, 0.1) is 5.92 Å². The van der Waals surface area contributed by atoms with Crippen LogP contribution in [-0.4, -0.2) is 51.6 Å². The lowest BCUT2D eigenvalue weighted by Gasteiger charge is -2.55. The highest BCUT2D eigenvalue weighted by molar-refractivity contribution is 5.87. The van der Waals surface area contributed by atoms with Gasteiger partial charge in [-0.3, -0.25) is 0 Å². The third-order valence-electron chi connectivity index (χ3n) is 6.43. The molecule has 0 unspecified atom stereocenters. The molecule has 1 aliphatic heterocycles. The van der Waals surface area contributed by atoms with Gasteiger partial charge in [-0.2, -0.15) is 0 Å². The number of nitrogens with one attached hydrogen (secondary N) is 1. The summed E-state index contributed by atoms with van der Waals surface area (Å²) in [6.07, 6.45) is 5.12. The molecule has 1 amide bonds. The number of carbonyl (C=O) groups is 1. The summed E-state index contributed by atoms with van der Waals surface area (Å²) >= 11 is 0. The Hall–Kier alpha value is -3.09. The Balaban J connectivity index is 1.32. The molecule has 0 saturated carbocycles. The van der Waals surface area contributed by atoms with Gasteiger partial charge in [-0.25, -0.2) is 14.8 Å². The first-order valence-corrected chi connectivity index (χ1v) is 10.5. The summed E-state index contributed by atoms with van der Waals surface area (Å²) in [7, 11) is 2.05. The molecule has 1 N–H and O–H groups in total. The molecular weight excluding hydrogens is 378 g/mol. The summed E-state index contributed by atoms with van der Waals surface area (Å²) in [4.78, 5) is 28.5. The van der Waals surface area contributed by atoms with E-state index in [9.17, 15) is 4.79 Å². The molecule has 4 rings (SSSR count). The van der Waals surface area contributed by atoms with Gasteiger partial charge in [-0.1, -0.05) is 37.3 Å². The fourth-order valence-electron chi connectivity index (χ4n) is 4.24. The molecule has 7 nitrogen and oxygen atoms in total. The zero-order valence-corrected chi connectivity index (χ0v) is 17.8. The van der Waals surface area contributed by atoms with E-state index in [2.05, 4.69) is 33.7 Å². The standard InChI is InChI=1S/C23H29N5O2/c1-17-14-28(22(29)30-15-18-8-5-4-6-9-18)23(17,2)11-7-13-27(3)21-19-10-12-24-20(19)25-16-26-21/h4-6,8-10,12,16-17H,7,11,13-15H2,1-3H3,(H,24,25,26)/t17-,23+/m0/s1. The van der Waals surface area contributed by atoms with E-state index < -0.39 is 0 Å². The summed E-state index contributed by atoms with van der Waals surface area (Å²) in [5.41, 5.74) is 1.67. The first-order chi connectivity index (χ1) is 14.5. The molecule has 3 heterocycles. The van der Waals surface area contributed by atoms with Gasteiger partial charge in [0.25, 0.3) is 0 Å². The first-order valence-electron chi connectivity index (χ1n) is 10.5. The Bertz CT molecular complexity index is 1010. The third kappa shape index (κ3) is 3.84. The van der Waals surface area contributed by atoms with Crippen molar-refractivity contribution < 1.29 is 9.53 Å². The van der Waals surface area contributed by atoms with E-state index in [1.165, 1.54) is 0 Å². The SMILES string of the molecule is C[C@H]1CN(C(=O)OCc2ccccc2)[C@]1(C)CCCN(C)c1ncnc2[nH]ccc12. The van der Waals surface area contributed by atoms with Crippen molar-refractivity contribution in [2.24, 2.45) is 5.92 Å². The third-order valence-corrected chi connectivity index (χ3v) is 6.43. The van der Waals surface area contributed by atoms with Crippen LogP contribution in [0.1, 0.15) is 32.3 Å². The second kappa shape index (κ2) is 8.34. The number of fused-ring (bicyclic) bond motifs is 1. The van der Waals surface area contributed by atoms with E-state index >= 15 is 0 Å². The van der Waals surface area contributed by atoms with E-state index in [0.29, 0.717) is 12.5 Å². The van der Waals surface area contributed by atoms with Crippen LogP contribution in [0.2, 0.25) is 0 Å². The molecule has 2 atom stereocenters. The lowest BCUT2D eigenvalue weighted by Crippen LogP contribution is -2.66. The first kappa shape index (κ1) is 20.2. The Kier molecular flexibility index (Phi) is 5.61. The number of hydrogen-bond donors (Lipinski definition) is 1. The van der Waals surface area contributed by atoms with Crippen molar-refractivity contribution in [1.29, 1.82) is 0 Å². The normalized spacial score (nSPS) is 20.8. The molecule has 1 saturated heterocycles. The predicted octanol–water partition coefficient (Wildman–Crippen LogP) is 4.22. The number of ether oxygens (including phenoxy) is 1. The molecule has 1 aliphatic rings. The van der Waals surface area contributed by atoms with Gasteiger partial charge in [-0.05, 0) is 37.3 Å². The number of rotatable bonds is 7. The largest absolute Gasteiger partial charge is 0.445 e. The van der Waals surface area contributed by atoms with Crippen molar-refractivity contribution in [2.75, 3.05) is 25.0 Å². The predicted molar refractivity (Wildman–Crippen MR) is 117 cm³/mol. The Labute approximate surface area is 177 Å². The van der Waals surface area contributed by atoms with E-state index in [0.717, 1.165) is 48.3 Å². The number of H-pyrrole nitrogens is 1. The summed E-state index contributed by atoms with van der Waals surface area (Å²) in [5.74, 6) is 1.37. The second-order valence-electron chi connectivity index (χ2n) is 8.37. The molecule has 1 aromatic carbocycles. The van der Waals surface area contributed by atoms with Crippen LogP contribution in [0.25, 0.3) is 11.0 Å². The highest BCUT2D eigenvalue weighted by Gasteiger charge is 2.50. The van der Waals surface area contributed by atoms with Crippen molar-refractivity contribution in [2.45, 2.75) is 38.8 Å². The van der Waals surface area contributed by atoms with Crippen LogP contribution >= 0.6 is 0 Å². The van der Waals surface area contributed by atoms with Crippen molar-refractivity contribution in [3.63, 3.8) is 0 Å². The topological polar surface area (TPSA) is 74.3 Å². The maximum atomic E-state index is 12.7. The van der Waals surface area contributed by atoms with Crippen molar-refractivity contribution in [3.8, 4) is 0 Å². The van der Waals surface area contributed by atoms with E-state index in [1.54, 1.807) is 6.33 Å². The number of aromatic amines is 1. The van der Waals surface area contributed by atoms with Gasteiger partial charge in [-0.15, -0.1) is 0 Å². The smallest absolute Gasteiger partial charge is 0.410 e. The molecule has 158 valence electrons. The zero-order chi connectivity index (χ0) is 21.1. The van der Waals surface area contributed by atoms with Gasteiger partial charge >= 0.3 is 6.09 Å². The van der Waals surface area contributed by atoms with E-state index in [1.807, 2.05) is 54.5 Å². The molecule has 30 heavy (non-hydrogen) atoms. The van der Waals surface area contributed by atoms with Gasteiger partial charge in [0.2, 0.25) is 0 Å². The van der Waals surface area contributed by atoms with Crippen LogP contribution in [0.15, 0.2) is 48.9 Å². The Morgan fingerprint density at radius 3 is 2.87 bits per heavy atom. The number of aromatic nitrogens is 3. The molecule has 0 radical (unpaired) electrons. The number of nitrogens with zero attached hydrogens (tertiary/aromatic N) is 4. The second-order valence-corrected chi connectivity index (χ2v) is 8.37. The summed E-state index contributed by atoms with van der Waals surface area (Å²) < 4.78 is 5.57. The lowest BCUT2D eigenvalue weighted by atomic mass is 9.74. The van der Waals surface area contributed by atoms with Gasteiger partial charge in [0.15, 0.2) is 0 Å². The number of hydrogen-bond acceptors (Lipinski definition) is 5. The number of amides is 1. The zero-order valence-electron chi connectivity index (χ0n) is 17.8. The van der Waals surface area contributed by atoms with Crippen molar-refractivity contribution in [3.05, 3.63) is 54.5 Å². The molecule has 0 spiro atoms. The summed E-state index contributed by atoms with van der Waals surface area (Å²) in [6, 6.07) is 11.8. The van der Waals surface area contributed by atoms with Gasteiger partial charge in [0.1, 0.15) is 24.4 Å². The highest BCUT2D eigenvalue weighted by Crippen LogP contribution is 2.40. The number of likely N-dealkylation sites (tertiary alicyclic amines) is 1. The number of anilines is 1. The fourth-order valence-corrected chi connectivity index (χ4v) is 4.24. The molecule has 1 fully saturated rings. The minimum atomic E-state index is -0.224. The lowest BCUT2D eigenvalue weighted by molar-refractivity contribution is -0.0578. The average Bonchev–Trinajstić information content (AvgIpc) is 3.25. The highest BCUT2D eigenvalue weighted by atomic mass is 16.6. The number of carbonyl (C=O) groups excluding carboxylic acids is 1. The summed E-state index contributed by atoms with van der Waals surface area (Å²) in [6.45, 7) is 6.28. The Morgan fingerprint density at radius 1 is 1.30 bits per heavy atom. The Morgan fingerprint density at radius 2 is 2.10 bits per heavy atom. The number of benzene rings is 1. The molecular formula is C23H29N5O2. The van der Waals surface area contributed by atoms with Gasteiger partial charge in [0, 0.05) is 31.9 Å². The van der Waals surface area contributed by atoms with Crippen LogP contribution in [-0.2, 0) is 11.3 Å². The minimum absolute atomic E-state index is 0.177. The maximum Gasteiger partial charge on any atom is 0.410 e. The summed E-state index contributed by atoms with van der Waals surface area (Å²) in [5, 5.41) is 1.02. The van der Waals surface area contributed by atoms with E-state index in [-0.39, 0.29) is 11.6 Å². The van der Waals surface area contributed by atoms with Crippen LogP contribution in [0.5, 0.6) is 0 Å². The molecule has 0 aliphatic carbocycles. The quantitative estimate of drug-likeness (QED) is 0.635. The van der Waals surface area contributed by atoms with E-state index in [4.69, 9.17) is 4.74 Å². The average molecular weight is 408 g/mol. The van der Waals surface area contributed by atoms with Crippen molar-refractivity contribution >= 4 is 22.9 Å². The van der Waals surface area contributed by atoms with Crippen molar-refractivity contribution in [1.82, 2.24) is 19.9 Å². The van der Waals surface area contributed by atoms with Gasteiger partial charge < -0.3 is 19.5 Å². The van der Waals surface area contributed by atoms with Crippen LogP contribution in [0.4, 0.5) is 10.6 Å². The molecule has 0 bridgehead atoms. The molecule has 3 aromatic rings. The maximum absolute atomic E-state index is 12.7. The molecule has 2 aromatic heterocycles. The van der Waals surface area contributed by atoms with Gasteiger partial charge in [0.05, 0.1) is 5.39 Å². The van der Waals surface area contributed by atoms with Crippen LogP contribution in [0.3, 0.4) is 0 Å². The minimum Gasteiger partial charge on any atom is -0.445 e.